The fourth-order valence-electron chi connectivity index (χ4n) is 3.05. The molecule has 0 spiro atoms. The van der Waals surface area contributed by atoms with Gasteiger partial charge in [0.25, 0.3) is 0 Å². The average Bonchev–Trinajstić information content (AvgIpc) is 2.71. The summed E-state index contributed by atoms with van der Waals surface area (Å²) in [5.74, 6) is 0.603. The second-order valence-corrected chi connectivity index (χ2v) is 7.23. The molecule has 1 fully saturated rings. The maximum Gasteiger partial charge on any atom is 0.0118 e. The molecular formula is C15H26N2S. The number of nitrogens with zero attached hydrogens (tertiary/aromatic N) is 1. The molecule has 0 saturated carbocycles. The number of thiophene rings is 1. The molecule has 1 aliphatic heterocycles. The van der Waals surface area contributed by atoms with Gasteiger partial charge in [-0.3, -0.25) is 4.90 Å². The summed E-state index contributed by atoms with van der Waals surface area (Å²) < 4.78 is 0. The summed E-state index contributed by atoms with van der Waals surface area (Å²) in [5.41, 5.74) is 6.16. The van der Waals surface area contributed by atoms with Gasteiger partial charge in [-0.1, -0.05) is 6.92 Å². The molecule has 2 nitrogen and oxygen atoms in total. The minimum atomic E-state index is 0.382. The highest BCUT2D eigenvalue weighted by Gasteiger charge is 2.32. The van der Waals surface area contributed by atoms with Crippen LogP contribution in [0.25, 0.3) is 0 Å². The van der Waals surface area contributed by atoms with Crippen LogP contribution in [0.3, 0.4) is 0 Å². The van der Waals surface area contributed by atoms with Crippen molar-refractivity contribution in [3.63, 3.8) is 0 Å². The summed E-state index contributed by atoms with van der Waals surface area (Å²) in [5, 5.41) is 0. The topological polar surface area (TPSA) is 29.3 Å². The fraction of sp³-hybridized carbons (Fsp3) is 0.733. The SMILES string of the molecule is Cc1ccc(CC(C)N2CCC(N)C(C)C2C)s1. The number of piperidine rings is 1. The Morgan fingerprint density at radius 2 is 2.17 bits per heavy atom. The second-order valence-electron chi connectivity index (χ2n) is 5.86. The third-order valence-corrected chi connectivity index (χ3v) is 5.56. The number of nitrogens with two attached hydrogens (primary N) is 1. The smallest absolute Gasteiger partial charge is 0.0118 e. The molecule has 1 aromatic rings. The molecule has 1 aromatic heterocycles. The first-order valence-electron chi connectivity index (χ1n) is 7.05. The lowest BCUT2D eigenvalue weighted by Crippen LogP contribution is -2.54. The molecule has 1 saturated heterocycles. The zero-order valence-electron chi connectivity index (χ0n) is 12.0. The third kappa shape index (κ3) is 2.95. The summed E-state index contributed by atoms with van der Waals surface area (Å²) in [6.45, 7) is 10.3. The van der Waals surface area contributed by atoms with Gasteiger partial charge in [0.1, 0.15) is 0 Å². The quantitative estimate of drug-likeness (QED) is 0.911. The lowest BCUT2D eigenvalue weighted by Gasteiger charge is -2.44. The van der Waals surface area contributed by atoms with Crippen molar-refractivity contribution in [1.82, 2.24) is 4.90 Å². The highest BCUT2D eigenvalue weighted by Crippen LogP contribution is 2.26. The largest absolute Gasteiger partial charge is 0.327 e. The van der Waals surface area contributed by atoms with Crippen molar-refractivity contribution in [3.8, 4) is 0 Å². The first kappa shape index (κ1) is 14.0. The predicted octanol–water partition coefficient (Wildman–Crippen LogP) is 3.05. The van der Waals surface area contributed by atoms with Crippen LogP contribution in [-0.4, -0.2) is 29.6 Å². The van der Waals surface area contributed by atoms with Gasteiger partial charge in [0, 0.05) is 34.4 Å². The Morgan fingerprint density at radius 1 is 1.44 bits per heavy atom. The lowest BCUT2D eigenvalue weighted by atomic mass is 9.86. The normalized spacial score (nSPS) is 31.5. The predicted molar refractivity (Wildman–Crippen MR) is 80.1 cm³/mol. The number of hydrogen-bond donors (Lipinski definition) is 1. The van der Waals surface area contributed by atoms with Crippen LogP contribution in [-0.2, 0) is 6.42 Å². The Balaban J connectivity index is 1.98. The van der Waals surface area contributed by atoms with Crippen molar-refractivity contribution < 1.29 is 0 Å². The first-order valence-corrected chi connectivity index (χ1v) is 7.87. The molecule has 18 heavy (non-hydrogen) atoms. The molecule has 1 aliphatic rings. The number of aryl methyl sites for hydroxylation is 1. The zero-order valence-corrected chi connectivity index (χ0v) is 12.8. The van der Waals surface area contributed by atoms with Crippen LogP contribution >= 0.6 is 11.3 Å². The fourth-order valence-corrected chi connectivity index (χ4v) is 4.06. The molecule has 0 aromatic carbocycles. The van der Waals surface area contributed by atoms with E-state index in [0.29, 0.717) is 24.0 Å². The van der Waals surface area contributed by atoms with Crippen molar-refractivity contribution in [2.24, 2.45) is 11.7 Å². The number of rotatable bonds is 3. The lowest BCUT2D eigenvalue weighted by molar-refractivity contribution is 0.0633. The summed E-state index contributed by atoms with van der Waals surface area (Å²) in [6.07, 6.45) is 2.31. The van der Waals surface area contributed by atoms with Crippen molar-refractivity contribution in [3.05, 3.63) is 21.9 Å². The van der Waals surface area contributed by atoms with Crippen molar-refractivity contribution >= 4 is 11.3 Å². The Morgan fingerprint density at radius 3 is 2.78 bits per heavy atom. The van der Waals surface area contributed by atoms with E-state index in [0.717, 1.165) is 13.0 Å². The standard InChI is InChI=1S/C15H26N2S/c1-10(9-14-6-5-11(2)18-14)17-8-7-15(16)12(3)13(17)4/h5-6,10,12-13,15H,7-9,16H2,1-4H3. The van der Waals surface area contributed by atoms with Gasteiger partial charge in [-0.15, -0.1) is 11.3 Å². The van der Waals surface area contributed by atoms with E-state index in [4.69, 9.17) is 5.73 Å². The summed E-state index contributed by atoms with van der Waals surface area (Å²) in [4.78, 5) is 5.57. The molecule has 3 heteroatoms. The van der Waals surface area contributed by atoms with Gasteiger partial charge < -0.3 is 5.73 Å². The number of hydrogen-bond acceptors (Lipinski definition) is 3. The van der Waals surface area contributed by atoms with E-state index in [1.54, 1.807) is 0 Å². The monoisotopic (exact) mass is 266 g/mol. The van der Waals surface area contributed by atoms with E-state index < -0.39 is 0 Å². The summed E-state index contributed by atoms with van der Waals surface area (Å²) >= 11 is 1.93. The van der Waals surface area contributed by atoms with E-state index in [-0.39, 0.29) is 0 Å². The highest BCUT2D eigenvalue weighted by molar-refractivity contribution is 7.11. The Hall–Kier alpha value is -0.380. The van der Waals surface area contributed by atoms with Crippen molar-refractivity contribution in [2.75, 3.05) is 6.54 Å². The molecule has 2 N–H and O–H groups in total. The van der Waals surface area contributed by atoms with E-state index in [1.807, 2.05) is 11.3 Å². The minimum absolute atomic E-state index is 0.382. The first-order chi connectivity index (χ1) is 8.49. The zero-order chi connectivity index (χ0) is 13.3. The Bertz CT molecular complexity index is 388. The summed E-state index contributed by atoms with van der Waals surface area (Å²) in [7, 11) is 0. The van der Waals surface area contributed by atoms with E-state index in [1.165, 1.54) is 16.2 Å². The Labute approximate surface area is 115 Å². The number of likely N-dealkylation sites (tertiary alicyclic amines) is 1. The van der Waals surface area contributed by atoms with Crippen LogP contribution in [0.5, 0.6) is 0 Å². The van der Waals surface area contributed by atoms with Gasteiger partial charge in [0.2, 0.25) is 0 Å². The third-order valence-electron chi connectivity index (χ3n) is 4.54. The van der Waals surface area contributed by atoms with Crippen LogP contribution in [0.2, 0.25) is 0 Å². The van der Waals surface area contributed by atoms with E-state index in [9.17, 15) is 0 Å². The maximum atomic E-state index is 6.16. The van der Waals surface area contributed by atoms with Gasteiger partial charge >= 0.3 is 0 Å². The van der Waals surface area contributed by atoms with Crippen molar-refractivity contribution in [1.29, 1.82) is 0 Å². The molecular weight excluding hydrogens is 240 g/mol. The van der Waals surface area contributed by atoms with Gasteiger partial charge in [-0.05, 0) is 51.7 Å². The van der Waals surface area contributed by atoms with Crippen LogP contribution in [0.15, 0.2) is 12.1 Å². The second kappa shape index (κ2) is 5.72. The van der Waals surface area contributed by atoms with Gasteiger partial charge in [-0.25, -0.2) is 0 Å². The molecule has 0 bridgehead atoms. The molecule has 102 valence electrons. The molecule has 4 unspecified atom stereocenters. The minimum Gasteiger partial charge on any atom is -0.327 e. The van der Waals surface area contributed by atoms with Gasteiger partial charge in [0.05, 0.1) is 0 Å². The molecule has 2 heterocycles. The molecule has 0 amide bonds. The van der Waals surface area contributed by atoms with E-state index in [2.05, 4.69) is 44.7 Å². The highest BCUT2D eigenvalue weighted by atomic mass is 32.1. The van der Waals surface area contributed by atoms with Crippen LogP contribution in [0, 0.1) is 12.8 Å². The van der Waals surface area contributed by atoms with E-state index >= 15 is 0 Å². The van der Waals surface area contributed by atoms with Crippen LogP contribution in [0.1, 0.15) is 36.9 Å². The Kier molecular flexibility index (Phi) is 4.46. The average molecular weight is 266 g/mol. The van der Waals surface area contributed by atoms with Gasteiger partial charge in [0.15, 0.2) is 0 Å². The maximum absolute atomic E-state index is 6.16. The summed E-state index contributed by atoms with van der Waals surface area (Å²) in [6, 6.07) is 6.11. The van der Waals surface area contributed by atoms with Gasteiger partial charge in [-0.2, -0.15) is 0 Å². The molecule has 0 radical (unpaired) electrons. The molecule has 2 rings (SSSR count). The van der Waals surface area contributed by atoms with Crippen LogP contribution in [0.4, 0.5) is 0 Å². The molecule has 4 atom stereocenters. The van der Waals surface area contributed by atoms with Crippen molar-refractivity contribution in [2.45, 2.75) is 58.7 Å². The molecule has 0 aliphatic carbocycles. The van der Waals surface area contributed by atoms with Crippen LogP contribution < -0.4 is 5.73 Å².